The lowest BCUT2D eigenvalue weighted by Crippen LogP contribution is -2.25. The lowest BCUT2D eigenvalue weighted by atomic mass is 10.2. The van der Waals surface area contributed by atoms with E-state index in [4.69, 9.17) is 9.47 Å². The summed E-state index contributed by atoms with van der Waals surface area (Å²) in [5, 5.41) is 2.84. The highest BCUT2D eigenvalue weighted by Gasteiger charge is 2.13. The van der Waals surface area contributed by atoms with E-state index in [-0.39, 0.29) is 5.91 Å². The molecule has 0 bridgehead atoms. The van der Waals surface area contributed by atoms with Crippen LogP contribution >= 0.6 is 11.3 Å². The number of aromatic nitrogens is 2. The van der Waals surface area contributed by atoms with Gasteiger partial charge in [-0.1, -0.05) is 11.3 Å². The summed E-state index contributed by atoms with van der Waals surface area (Å²) in [6.45, 7) is 1.21. The summed E-state index contributed by atoms with van der Waals surface area (Å²) in [6, 6.07) is 7.87. The second-order valence-corrected chi connectivity index (χ2v) is 6.25. The molecule has 0 aliphatic heterocycles. The van der Waals surface area contributed by atoms with Crippen molar-refractivity contribution < 1.29 is 14.3 Å². The summed E-state index contributed by atoms with van der Waals surface area (Å²) >= 11 is 1.55. The molecule has 0 aliphatic carbocycles. The van der Waals surface area contributed by atoms with Gasteiger partial charge >= 0.3 is 0 Å². The van der Waals surface area contributed by atoms with E-state index in [0.717, 1.165) is 27.6 Å². The molecule has 0 saturated carbocycles. The Bertz CT molecular complexity index is 792. The van der Waals surface area contributed by atoms with Gasteiger partial charge in [-0.2, -0.15) is 0 Å². The Morgan fingerprint density at radius 1 is 1.25 bits per heavy atom. The van der Waals surface area contributed by atoms with Gasteiger partial charge in [0.05, 0.1) is 12.0 Å². The highest BCUT2D eigenvalue weighted by molar-refractivity contribution is 7.20. The molecular formula is C17H19N3O3S. The Labute approximate surface area is 144 Å². The molecule has 0 radical (unpaired) electrons. The third-order valence-corrected chi connectivity index (χ3v) is 4.62. The summed E-state index contributed by atoms with van der Waals surface area (Å²) in [5.74, 6) is 0.667. The van der Waals surface area contributed by atoms with E-state index in [2.05, 4.69) is 10.3 Å². The number of carbonyl (C=O) groups is 1. The second-order valence-electron chi connectivity index (χ2n) is 5.24. The molecule has 1 N–H and O–H groups in total. The molecule has 0 saturated heterocycles. The number of imidazole rings is 1. The maximum atomic E-state index is 12.1. The molecule has 0 unspecified atom stereocenters. The lowest BCUT2D eigenvalue weighted by molar-refractivity contribution is 0.0944. The van der Waals surface area contributed by atoms with Gasteiger partial charge < -0.3 is 14.8 Å². The number of rotatable bonds is 7. The van der Waals surface area contributed by atoms with Crippen LogP contribution in [0.25, 0.3) is 15.4 Å². The largest absolute Gasteiger partial charge is 0.497 e. The van der Waals surface area contributed by atoms with Crippen LogP contribution in [-0.4, -0.2) is 42.7 Å². The molecular weight excluding hydrogens is 326 g/mol. The van der Waals surface area contributed by atoms with Crippen LogP contribution in [0.15, 0.2) is 36.7 Å². The van der Waals surface area contributed by atoms with Crippen LogP contribution in [-0.2, 0) is 4.74 Å². The van der Waals surface area contributed by atoms with Crippen LogP contribution in [0.5, 0.6) is 5.75 Å². The van der Waals surface area contributed by atoms with E-state index in [0.29, 0.717) is 18.8 Å². The number of fused-ring (bicyclic) bond motifs is 1. The van der Waals surface area contributed by atoms with Gasteiger partial charge in [-0.25, -0.2) is 4.98 Å². The Morgan fingerprint density at radius 3 is 2.71 bits per heavy atom. The van der Waals surface area contributed by atoms with Crippen LogP contribution < -0.4 is 10.1 Å². The van der Waals surface area contributed by atoms with E-state index >= 15 is 0 Å². The molecule has 24 heavy (non-hydrogen) atoms. The average Bonchev–Trinajstić information content (AvgIpc) is 3.17. The first kappa shape index (κ1) is 16.5. The molecule has 3 aromatic rings. The lowest BCUT2D eigenvalue weighted by Gasteiger charge is -2.02. The normalized spacial score (nSPS) is 10.9. The van der Waals surface area contributed by atoms with E-state index in [9.17, 15) is 4.79 Å². The van der Waals surface area contributed by atoms with Crippen LogP contribution in [0.2, 0.25) is 0 Å². The van der Waals surface area contributed by atoms with Crippen molar-refractivity contribution in [1.82, 2.24) is 14.7 Å². The van der Waals surface area contributed by atoms with Gasteiger partial charge in [-0.05, 0) is 36.2 Å². The monoisotopic (exact) mass is 345 g/mol. The summed E-state index contributed by atoms with van der Waals surface area (Å²) < 4.78 is 12.0. The van der Waals surface area contributed by atoms with Gasteiger partial charge in [0.15, 0.2) is 4.96 Å². The predicted octanol–water partition coefficient (Wildman–Crippen LogP) is 2.84. The standard InChI is InChI=1S/C17H19N3O3S/c1-22-9-3-8-18-16(21)14-10-20-11-15(24-17(20)19-14)12-4-6-13(23-2)7-5-12/h4-7,10-11H,3,8-9H2,1-2H3,(H,18,21). The number of nitrogens with zero attached hydrogens (tertiary/aromatic N) is 2. The first-order valence-electron chi connectivity index (χ1n) is 7.61. The summed E-state index contributed by atoms with van der Waals surface area (Å²) in [6.07, 6.45) is 4.52. The van der Waals surface area contributed by atoms with E-state index < -0.39 is 0 Å². The molecule has 126 valence electrons. The summed E-state index contributed by atoms with van der Waals surface area (Å²) in [7, 11) is 3.29. The molecule has 0 aliphatic rings. The van der Waals surface area contributed by atoms with Crippen molar-refractivity contribution in [2.24, 2.45) is 0 Å². The quantitative estimate of drug-likeness (QED) is 0.669. The van der Waals surface area contributed by atoms with Crippen molar-refractivity contribution in [2.75, 3.05) is 27.4 Å². The molecule has 0 atom stereocenters. The molecule has 0 spiro atoms. The Morgan fingerprint density at radius 2 is 2.04 bits per heavy atom. The SMILES string of the molecule is COCCCNC(=O)c1cn2cc(-c3ccc(OC)cc3)sc2n1. The molecule has 1 aromatic carbocycles. The molecule has 0 fully saturated rings. The topological polar surface area (TPSA) is 64.9 Å². The minimum atomic E-state index is -0.159. The average molecular weight is 345 g/mol. The zero-order valence-corrected chi connectivity index (χ0v) is 14.4. The van der Waals surface area contributed by atoms with Crippen LogP contribution in [0.4, 0.5) is 0 Å². The molecule has 2 heterocycles. The van der Waals surface area contributed by atoms with Crippen molar-refractivity contribution in [2.45, 2.75) is 6.42 Å². The number of nitrogens with one attached hydrogen (secondary N) is 1. The number of hydrogen-bond acceptors (Lipinski definition) is 5. The van der Waals surface area contributed by atoms with E-state index in [1.807, 2.05) is 34.9 Å². The van der Waals surface area contributed by atoms with Gasteiger partial charge in [-0.15, -0.1) is 0 Å². The van der Waals surface area contributed by atoms with Crippen LogP contribution in [0, 0.1) is 0 Å². The highest BCUT2D eigenvalue weighted by Crippen LogP contribution is 2.29. The molecule has 3 rings (SSSR count). The molecule has 7 heteroatoms. The summed E-state index contributed by atoms with van der Waals surface area (Å²) in [5.41, 5.74) is 1.52. The van der Waals surface area contributed by atoms with Gasteiger partial charge in [0.2, 0.25) is 0 Å². The van der Waals surface area contributed by atoms with Crippen LogP contribution in [0.1, 0.15) is 16.9 Å². The maximum Gasteiger partial charge on any atom is 0.271 e. The number of hydrogen-bond donors (Lipinski definition) is 1. The molecule has 1 amide bonds. The molecule has 2 aromatic heterocycles. The number of ether oxygens (including phenoxy) is 2. The predicted molar refractivity (Wildman–Crippen MR) is 93.9 cm³/mol. The Kier molecular flexibility index (Phi) is 5.12. The third-order valence-electron chi connectivity index (χ3n) is 3.57. The van der Waals surface area contributed by atoms with E-state index in [1.165, 1.54) is 0 Å². The number of methoxy groups -OCH3 is 2. The Hall–Kier alpha value is -2.38. The van der Waals surface area contributed by atoms with E-state index in [1.54, 1.807) is 31.8 Å². The van der Waals surface area contributed by atoms with Crippen molar-refractivity contribution in [1.29, 1.82) is 0 Å². The zero-order chi connectivity index (χ0) is 16.9. The fourth-order valence-corrected chi connectivity index (χ4v) is 3.27. The number of benzene rings is 1. The van der Waals surface area contributed by atoms with Crippen molar-refractivity contribution in [3.63, 3.8) is 0 Å². The van der Waals surface area contributed by atoms with Gasteiger partial charge in [-0.3, -0.25) is 9.20 Å². The first-order chi connectivity index (χ1) is 11.7. The molecule has 6 nitrogen and oxygen atoms in total. The second kappa shape index (κ2) is 7.46. The minimum absolute atomic E-state index is 0.159. The smallest absolute Gasteiger partial charge is 0.271 e. The van der Waals surface area contributed by atoms with Crippen molar-refractivity contribution >= 4 is 22.2 Å². The number of thiazole rings is 1. The fraction of sp³-hybridized carbons (Fsp3) is 0.294. The van der Waals surface area contributed by atoms with Crippen LogP contribution in [0.3, 0.4) is 0 Å². The maximum absolute atomic E-state index is 12.1. The number of carbonyl (C=O) groups excluding carboxylic acids is 1. The number of amides is 1. The van der Waals surface area contributed by atoms with Gasteiger partial charge in [0, 0.05) is 32.7 Å². The minimum Gasteiger partial charge on any atom is -0.497 e. The highest BCUT2D eigenvalue weighted by atomic mass is 32.1. The summed E-state index contributed by atoms with van der Waals surface area (Å²) in [4.78, 5) is 18.4. The van der Waals surface area contributed by atoms with Crippen molar-refractivity contribution in [3.05, 3.63) is 42.4 Å². The van der Waals surface area contributed by atoms with Gasteiger partial charge in [0.25, 0.3) is 5.91 Å². The van der Waals surface area contributed by atoms with Gasteiger partial charge in [0.1, 0.15) is 11.4 Å². The zero-order valence-electron chi connectivity index (χ0n) is 13.6. The van der Waals surface area contributed by atoms with Crippen molar-refractivity contribution in [3.8, 4) is 16.2 Å². The third kappa shape index (κ3) is 3.58. The Balaban J connectivity index is 1.71. The fourth-order valence-electron chi connectivity index (χ4n) is 2.30. The first-order valence-corrected chi connectivity index (χ1v) is 8.43.